The predicted octanol–water partition coefficient (Wildman–Crippen LogP) is 3.12. The van der Waals surface area contributed by atoms with Gasteiger partial charge in [-0.2, -0.15) is 10.1 Å². The van der Waals surface area contributed by atoms with Gasteiger partial charge >= 0.3 is 5.69 Å². The highest BCUT2D eigenvalue weighted by Gasteiger charge is 2.18. The molecule has 0 bridgehead atoms. The van der Waals surface area contributed by atoms with E-state index in [0.717, 1.165) is 21.4 Å². The molecule has 26 heavy (non-hydrogen) atoms. The van der Waals surface area contributed by atoms with Gasteiger partial charge in [0, 0.05) is 11.3 Å². The summed E-state index contributed by atoms with van der Waals surface area (Å²) in [7, 11) is 0. The normalized spacial score (nSPS) is 11.8. The van der Waals surface area contributed by atoms with Crippen molar-refractivity contribution in [1.82, 2.24) is 14.8 Å². The van der Waals surface area contributed by atoms with Crippen LogP contribution in [0, 0.1) is 13.8 Å². The summed E-state index contributed by atoms with van der Waals surface area (Å²) in [6.07, 6.45) is 1.50. The monoisotopic (exact) mass is 348 g/mol. The lowest BCUT2D eigenvalue weighted by Crippen LogP contribution is -2.34. The van der Waals surface area contributed by atoms with Gasteiger partial charge in [-0.05, 0) is 32.9 Å². The van der Waals surface area contributed by atoms with E-state index in [4.69, 9.17) is 0 Å². The third-order valence-corrected chi connectivity index (χ3v) is 4.13. The first-order valence-electron chi connectivity index (χ1n) is 8.34. The Morgan fingerprint density at radius 1 is 1.00 bits per heavy atom. The van der Waals surface area contributed by atoms with Crippen molar-refractivity contribution in [3.63, 3.8) is 0 Å². The van der Waals surface area contributed by atoms with Crippen LogP contribution in [0.15, 0.2) is 59.5 Å². The van der Waals surface area contributed by atoms with Crippen molar-refractivity contribution in [2.45, 2.75) is 26.8 Å². The second-order valence-electron chi connectivity index (χ2n) is 6.27. The Hall–Kier alpha value is -3.28. The third-order valence-electron chi connectivity index (χ3n) is 4.13. The summed E-state index contributed by atoms with van der Waals surface area (Å²) in [6, 6.07) is 14.3. The van der Waals surface area contributed by atoms with E-state index in [1.165, 1.54) is 6.20 Å². The van der Waals surface area contributed by atoms with Crippen LogP contribution in [0.4, 0.5) is 5.69 Å². The first kappa shape index (κ1) is 17.5. The summed E-state index contributed by atoms with van der Waals surface area (Å²) in [4.78, 5) is 28.8. The number of nitrogens with zero attached hydrogens (tertiary/aromatic N) is 3. The first-order valence-corrected chi connectivity index (χ1v) is 8.34. The quantitative estimate of drug-likeness (QED) is 0.786. The van der Waals surface area contributed by atoms with Crippen LogP contribution in [0.5, 0.6) is 0 Å². The minimum atomic E-state index is -0.775. The van der Waals surface area contributed by atoms with Crippen LogP contribution in [0.25, 0.3) is 11.3 Å². The molecular formula is C20H20N4O2. The molecule has 0 aliphatic heterocycles. The fraction of sp³-hybridized carbons (Fsp3) is 0.200. The number of carbonyl (C=O) groups excluding carboxylic acids is 1. The molecule has 0 unspecified atom stereocenters. The maximum absolute atomic E-state index is 12.4. The molecule has 6 heteroatoms. The van der Waals surface area contributed by atoms with Crippen LogP contribution in [0.3, 0.4) is 0 Å². The maximum Gasteiger partial charge on any atom is 0.365 e. The van der Waals surface area contributed by atoms with Crippen molar-refractivity contribution in [1.29, 1.82) is 0 Å². The van der Waals surface area contributed by atoms with Crippen LogP contribution in [0.2, 0.25) is 0 Å². The first-order chi connectivity index (χ1) is 12.4. The van der Waals surface area contributed by atoms with Gasteiger partial charge in [-0.1, -0.05) is 47.5 Å². The van der Waals surface area contributed by atoms with Gasteiger partial charge in [0.2, 0.25) is 5.91 Å². The predicted molar refractivity (Wildman–Crippen MR) is 101 cm³/mol. The van der Waals surface area contributed by atoms with E-state index in [2.05, 4.69) is 15.4 Å². The Kier molecular flexibility index (Phi) is 4.93. The van der Waals surface area contributed by atoms with Gasteiger partial charge in [0.1, 0.15) is 6.04 Å². The van der Waals surface area contributed by atoms with Crippen LogP contribution in [-0.2, 0) is 4.79 Å². The van der Waals surface area contributed by atoms with E-state index < -0.39 is 11.7 Å². The van der Waals surface area contributed by atoms with Gasteiger partial charge in [-0.25, -0.2) is 9.48 Å². The number of amides is 1. The molecule has 1 aromatic heterocycles. The summed E-state index contributed by atoms with van der Waals surface area (Å²) >= 11 is 0. The highest BCUT2D eigenvalue weighted by molar-refractivity contribution is 5.93. The molecule has 1 N–H and O–H groups in total. The van der Waals surface area contributed by atoms with E-state index in [1.807, 2.05) is 62.4 Å². The zero-order valence-electron chi connectivity index (χ0n) is 14.9. The summed E-state index contributed by atoms with van der Waals surface area (Å²) < 4.78 is 1.08. The summed E-state index contributed by atoms with van der Waals surface area (Å²) in [5.74, 6) is -0.326. The number of hydrogen-bond acceptors (Lipinski definition) is 4. The van der Waals surface area contributed by atoms with Gasteiger partial charge < -0.3 is 5.32 Å². The van der Waals surface area contributed by atoms with Crippen LogP contribution in [-0.4, -0.2) is 20.7 Å². The van der Waals surface area contributed by atoms with E-state index in [1.54, 1.807) is 6.92 Å². The van der Waals surface area contributed by atoms with Crippen molar-refractivity contribution >= 4 is 11.6 Å². The topological polar surface area (TPSA) is 76.9 Å². The average molecular weight is 348 g/mol. The minimum Gasteiger partial charge on any atom is -0.324 e. The zero-order valence-corrected chi connectivity index (χ0v) is 14.9. The molecule has 0 aliphatic rings. The molecule has 1 atom stereocenters. The SMILES string of the molecule is Cc1ccc(NC(=O)[C@H](C)n2ncc(-c3ccc(C)cc3)nc2=O)cc1. The Morgan fingerprint density at radius 2 is 1.58 bits per heavy atom. The number of nitrogens with one attached hydrogen (secondary N) is 1. The van der Waals surface area contributed by atoms with E-state index in [-0.39, 0.29) is 5.91 Å². The molecule has 132 valence electrons. The number of hydrogen-bond donors (Lipinski definition) is 1. The van der Waals surface area contributed by atoms with E-state index in [0.29, 0.717) is 11.4 Å². The molecule has 6 nitrogen and oxygen atoms in total. The van der Waals surface area contributed by atoms with Gasteiger partial charge in [-0.15, -0.1) is 0 Å². The number of aromatic nitrogens is 3. The molecule has 1 amide bonds. The second-order valence-corrected chi connectivity index (χ2v) is 6.27. The number of benzene rings is 2. The zero-order chi connectivity index (χ0) is 18.7. The van der Waals surface area contributed by atoms with Gasteiger partial charge in [-0.3, -0.25) is 4.79 Å². The molecule has 0 aliphatic carbocycles. The summed E-state index contributed by atoms with van der Waals surface area (Å²) in [5.41, 5.74) is 3.63. The van der Waals surface area contributed by atoms with Crippen molar-refractivity contribution in [2.75, 3.05) is 5.32 Å². The fourth-order valence-electron chi connectivity index (χ4n) is 2.47. The van der Waals surface area contributed by atoms with Gasteiger partial charge in [0.05, 0.1) is 11.9 Å². The van der Waals surface area contributed by atoms with Crippen molar-refractivity contribution in [3.8, 4) is 11.3 Å². The van der Waals surface area contributed by atoms with Gasteiger partial charge in [0.25, 0.3) is 0 Å². The minimum absolute atomic E-state index is 0.326. The number of anilines is 1. The highest BCUT2D eigenvalue weighted by atomic mass is 16.2. The Balaban J connectivity index is 1.79. The van der Waals surface area contributed by atoms with Crippen LogP contribution in [0.1, 0.15) is 24.1 Å². The molecule has 2 aromatic carbocycles. The summed E-state index contributed by atoms with van der Waals surface area (Å²) in [6.45, 7) is 5.58. The van der Waals surface area contributed by atoms with Crippen LogP contribution >= 0.6 is 0 Å². The average Bonchev–Trinajstić information content (AvgIpc) is 2.63. The second kappa shape index (κ2) is 7.31. The molecule has 0 saturated heterocycles. The molecule has 3 rings (SSSR count). The van der Waals surface area contributed by atoms with Crippen molar-refractivity contribution in [2.24, 2.45) is 0 Å². The third kappa shape index (κ3) is 3.85. The van der Waals surface area contributed by atoms with Gasteiger partial charge in [0.15, 0.2) is 0 Å². The number of rotatable bonds is 4. The molecular weight excluding hydrogens is 328 g/mol. The lowest BCUT2D eigenvalue weighted by molar-refractivity contribution is -0.119. The molecule has 0 radical (unpaired) electrons. The maximum atomic E-state index is 12.4. The molecule has 1 heterocycles. The number of aryl methyl sites for hydroxylation is 2. The Labute approximate surface area is 151 Å². The van der Waals surface area contributed by atoms with Crippen molar-refractivity contribution in [3.05, 3.63) is 76.3 Å². The smallest absolute Gasteiger partial charge is 0.324 e. The molecule has 0 fully saturated rings. The molecule has 0 spiro atoms. The highest BCUT2D eigenvalue weighted by Crippen LogP contribution is 2.16. The summed E-state index contributed by atoms with van der Waals surface area (Å²) in [5, 5.41) is 6.92. The fourth-order valence-corrected chi connectivity index (χ4v) is 2.47. The van der Waals surface area contributed by atoms with Crippen LogP contribution < -0.4 is 11.0 Å². The molecule has 3 aromatic rings. The Morgan fingerprint density at radius 3 is 2.15 bits per heavy atom. The van der Waals surface area contributed by atoms with E-state index in [9.17, 15) is 9.59 Å². The Bertz CT molecular complexity index is 976. The number of carbonyl (C=O) groups is 1. The lowest BCUT2D eigenvalue weighted by atomic mass is 10.1. The molecule has 0 saturated carbocycles. The lowest BCUT2D eigenvalue weighted by Gasteiger charge is -2.14. The van der Waals surface area contributed by atoms with Crippen molar-refractivity contribution < 1.29 is 4.79 Å². The standard InChI is InChI=1S/C20H20N4O2/c1-13-4-8-16(9-5-13)18-12-21-24(20(26)23-18)15(3)19(25)22-17-10-6-14(2)7-11-17/h4-12,15H,1-3H3,(H,22,25)/t15-/m0/s1. The largest absolute Gasteiger partial charge is 0.365 e. The van der Waals surface area contributed by atoms with E-state index >= 15 is 0 Å².